The number of carbonyl (C=O) groups is 1. The van der Waals surface area contributed by atoms with Gasteiger partial charge in [-0.1, -0.05) is 18.9 Å². The Hall–Kier alpha value is -1.54. The predicted octanol–water partition coefficient (Wildman–Crippen LogP) is -0.319. The van der Waals surface area contributed by atoms with Crippen molar-refractivity contribution < 1.29 is 9.53 Å². The summed E-state index contributed by atoms with van der Waals surface area (Å²) in [5.41, 5.74) is 4.81. The Morgan fingerprint density at radius 3 is 2.79 bits per heavy atom. The average molecular weight is 268 g/mol. The Balaban J connectivity index is 2.07. The molecule has 0 spiro atoms. The summed E-state index contributed by atoms with van der Waals surface area (Å²) in [5, 5.41) is 13.9. The second-order valence-corrected chi connectivity index (χ2v) is 5.40. The summed E-state index contributed by atoms with van der Waals surface area (Å²) in [4.78, 5) is 13.6. The fraction of sp³-hybridized carbons (Fsp3) is 0.818. The zero-order chi connectivity index (χ0) is 14.3. The number of hydrogen-bond donors (Lipinski definition) is 2. The molecule has 0 aliphatic heterocycles. The van der Waals surface area contributed by atoms with Crippen LogP contribution in [-0.4, -0.2) is 44.4 Å². The van der Waals surface area contributed by atoms with Crippen molar-refractivity contribution in [2.75, 3.05) is 11.9 Å². The van der Waals surface area contributed by atoms with Crippen molar-refractivity contribution >= 4 is 11.9 Å². The van der Waals surface area contributed by atoms with Gasteiger partial charge in [0.2, 0.25) is 5.91 Å². The van der Waals surface area contributed by atoms with Crippen molar-refractivity contribution in [3.05, 3.63) is 0 Å². The van der Waals surface area contributed by atoms with Gasteiger partial charge in [-0.2, -0.15) is 4.80 Å². The summed E-state index contributed by atoms with van der Waals surface area (Å²) in [6, 6.07) is 0. The number of anilines is 1. The Morgan fingerprint density at radius 1 is 1.63 bits per heavy atom. The molecule has 1 amide bonds. The summed E-state index contributed by atoms with van der Waals surface area (Å²) >= 11 is 0. The van der Waals surface area contributed by atoms with Crippen LogP contribution in [0.25, 0.3) is 0 Å². The molecule has 1 heterocycles. The van der Waals surface area contributed by atoms with Crippen molar-refractivity contribution in [2.24, 2.45) is 18.2 Å². The van der Waals surface area contributed by atoms with Crippen LogP contribution < -0.4 is 11.1 Å². The molecule has 1 fully saturated rings. The van der Waals surface area contributed by atoms with E-state index in [-0.39, 0.29) is 18.0 Å². The molecule has 3 N–H and O–H groups in total. The Labute approximate surface area is 111 Å². The zero-order valence-electron chi connectivity index (χ0n) is 11.7. The summed E-state index contributed by atoms with van der Waals surface area (Å²) in [5.74, 6) is -0.144. The van der Waals surface area contributed by atoms with Gasteiger partial charge in [0.15, 0.2) is 0 Å². The van der Waals surface area contributed by atoms with Gasteiger partial charge in [-0.25, -0.2) is 0 Å². The van der Waals surface area contributed by atoms with Gasteiger partial charge in [0.25, 0.3) is 5.95 Å². The summed E-state index contributed by atoms with van der Waals surface area (Å²) in [6.07, 6.45) is 0.475. The van der Waals surface area contributed by atoms with Gasteiger partial charge >= 0.3 is 0 Å². The van der Waals surface area contributed by atoms with Gasteiger partial charge in [-0.05, 0) is 12.1 Å². The molecule has 8 heteroatoms. The molecule has 0 aromatic carbocycles. The minimum absolute atomic E-state index is 0.0110. The minimum atomic E-state index is -0.980. The third kappa shape index (κ3) is 2.10. The Morgan fingerprint density at radius 2 is 2.32 bits per heavy atom. The molecule has 0 saturated heterocycles. The molecule has 1 aliphatic carbocycles. The van der Waals surface area contributed by atoms with E-state index in [4.69, 9.17) is 10.5 Å². The highest BCUT2D eigenvalue weighted by Crippen LogP contribution is 2.50. The van der Waals surface area contributed by atoms with Gasteiger partial charge in [0.05, 0.1) is 13.2 Å². The highest BCUT2D eigenvalue weighted by atomic mass is 16.5. The number of rotatable bonds is 4. The number of amides is 1. The third-order valence-electron chi connectivity index (χ3n) is 3.97. The molecular weight excluding hydrogens is 248 g/mol. The molecule has 2 atom stereocenters. The van der Waals surface area contributed by atoms with E-state index in [1.807, 2.05) is 20.8 Å². The lowest BCUT2D eigenvalue weighted by Gasteiger charge is -2.57. The maximum absolute atomic E-state index is 12.3. The first-order valence-electron chi connectivity index (χ1n) is 6.27. The van der Waals surface area contributed by atoms with Gasteiger partial charge in [-0.3, -0.25) is 10.1 Å². The normalized spacial score (nSPS) is 28.8. The number of nitrogens with zero attached hydrogens (tertiary/aromatic N) is 4. The minimum Gasteiger partial charge on any atom is -0.378 e. The molecule has 2 unspecified atom stereocenters. The number of ether oxygens (including phenoxy) is 1. The largest absolute Gasteiger partial charge is 0.378 e. The topological polar surface area (TPSA) is 108 Å². The van der Waals surface area contributed by atoms with E-state index in [9.17, 15) is 4.79 Å². The molecule has 106 valence electrons. The number of hydrogen-bond acceptors (Lipinski definition) is 6. The van der Waals surface area contributed by atoms with Crippen molar-refractivity contribution in [3.8, 4) is 0 Å². The number of nitrogens with two attached hydrogens (primary N) is 1. The summed E-state index contributed by atoms with van der Waals surface area (Å²) in [7, 11) is 1.62. The molecule has 0 radical (unpaired) electrons. The molecular formula is C11H20N6O2. The van der Waals surface area contributed by atoms with E-state index < -0.39 is 11.0 Å². The standard InChI is InChI=1S/C11H20N6O2/c1-5-19-7-6-11(12,10(7,2)3)8(18)13-9-14-16-17(4)15-9/h7H,5-6,12H2,1-4H3,(H,13,15,18). The monoisotopic (exact) mass is 268 g/mol. The van der Waals surface area contributed by atoms with E-state index in [1.54, 1.807) is 7.05 Å². The maximum Gasteiger partial charge on any atom is 0.270 e. The smallest absolute Gasteiger partial charge is 0.270 e. The first-order valence-corrected chi connectivity index (χ1v) is 6.27. The van der Waals surface area contributed by atoms with Crippen molar-refractivity contribution in [1.29, 1.82) is 0 Å². The van der Waals surface area contributed by atoms with Gasteiger partial charge in [-0.15, -0.1) is 5.10 Å². The van der Waals surface area contributed by atoms with E-state index in [1.165, 1.54) is 4.80 Å². The first-order chi connectivity index (χ1) is 8.81. The molecule has 1 aliphatic rings. The summed E-state index contributed by atoms with van der Waals surface area (Å²) < 4.78 is 5.59. The fourth-order valence-electron chi connectivity index (χ4n) is 2.37. The van der Waals surface area contributed by atoms with Crippen LogP contribution in [0.5, 0.6) is 0 Å². The SMILES string of the molecule is CCOC1CC(N)(C(=O)Nc2nnn(C)n2)C1(C)C. The summed E-state index contributed by atoms with van der Waals surface area (Å²) in [6.45, 7) is 6.40. The fourth-order valence-corrected chi connectivity index (χ4v) is 2.37. The van der Waals surface area contributed by atoms with Crippen LogP contribution in [-0.2, 0) is 16.6 Å². The van der Waals surface area contributed by atoms with E-state index >= 15 is 0 Å². The first kappa shape index (κ1) is 13.9. The molecule has 2 rings (SSSR count). The molecule has 19 heavy (non-hydrogen) atoms. The molecule has 8 nitrogen and oxygen atoms in total. The highest BCUT2D eigenvalue weighted by molar-refractivity contribution is 5.98. The molecule has 1 aromatic rings. The highest BCUT2D eigenvalue weighted by Gasteiger charge is 2.63. The maximum atomic E-state index is 12.3. The molecule has 1 aromatic heterocycles. The van der Waals surface area contributed by atoms with Crippen LogP contribution in [0.1, 0.15) is 27.2 Å². The van der Waals surface area contributed by atoms with E-state index in [2.05, 4.69) is 20.7 Å². The van der Waals surface area contributed by atoms with Crippen molar-refractivity contribution in [2.45, 2.75) is 38.8 Å². The van der Waals surface area contributed by atoms with E-state index in [0.29, 0.717) is 13.0 Å². The van der Waals surface area contributed by atoms with Gasteiger partial charge in [0.1, 0.15) is 5.54 Å². The zero-order valence-corrected chi connectivity index (χ0v) is 11.7. The van der Waals surface area contributed by atoms with E-state index in [0.717, 1.165) is 0 Å². The lowest BCUT2D eigenvalue weighted by Crippen LogP contribution is -2.74. The van der Waals surface area contributed by atoms with Crippen molar-refractivity contribution in [3.63, 3.8) is 0 Å². The number of aromatic nitrogens is 4. The van der Waals surface area contributed by atoms with Gasteiger partial charge < -0.3 is 10.5 Å². The molecule has 1 saturated carbocycles. The lowest BCUT2D eigenvalue weighted by atomic mass is 9.54. The predicted molar refractivity (Wildman–Crippen MR) is 68.2 cm³/mol. The van der Waals surface area contributed by atoms with Crippen LogP contribution in [0, 0.1) is 5.41 Å². The van der Waals surface area contributed by atoms with Crippen molar-refractivity contribution in [1.82, 2.24) is 20.2 Å². The van der Waals surface area contributed by atoms with Crippen LogP contribution in [0.15, 0.2) is 0 Å². The number of tetrazole rings is 1. The van der Waals surface area contributed by atoms with Crippen LogP contribution in [0.4, 0.5) is 5.95 Å². The lowest BCUT2D eigenvalue weighted by molar-refractivity contribution is -0.166. The van der Waals surface area contributed by atoms with Gasteiger partial charge in [0, 0.05) is 18.4 Å². The van der Waals surface area contributed by atoms with Crippen LogP contribution in [0.3, 0.4) is 0 Å². The quantitative estimate of drug-likeness (QED) is 0.775. The Kier molecular flexibility index (Phi) is 3.31. The second-order valence-electron chi connectivity index (χ2n) is 5.40. The molecule has 0 bridgehead atoms. The van der Waals surface area contributed by atoms with Crippen LogP contribution in [0.2, 0.25) is 0 Å². The third-order valence-corrected chi connectivity index (χ3v) is 3.97. The van der Waals surface area contributed by atoms with Crippen LogP contribution >= 0.6 is 0 Å². The number of carbonyl (C=O) groups excluding carboxylic acids is 1. The number of aryl methyl sites for hydroxylation is 1. The number of nitrogens with one attached hydrogen (secondary N) is 1. The average Bonchev–Trinajstić information content (AvgIpc) is 2.74. The Bertz CT molecular complexity index is 485. The second kappa shape index (κ2) is 4.53.